The van der Waals surface area contributed by atoms with Crippen LogP contribution in [-0.2, 0) is 5.54 Å². The van der Waals surface area contributed by atoms with Crippen molar-refractivity contribution in [1.29, 1.82) is 0 Å². The molecule has 0 aliphatic rings. The van der Waals surface area contributed by atoms with Crippen LogP contribution in [0.25, 0.3) is 11.3 Å². The number of rotatable bonds is 2. The molecule has 2 aromatic rings. The normalized spacial score (nSPS) is 11.6. The van der Waals surface area contributed by atoms with Crippen molar-refractivity contribution in [3.8, 4) is 11.3 Å². The molecule has 0 amide bonds. The van der Waals surface area contributed by atoms with Crippen molar-refractivity contribution in [1.82, 2.24) is 9.78 Å². The maximum absolute atomic E-state index is 11.4. The summed E-state index contributed by atoms with van der Waals surface area (Å²) < 4.78 is 2.58. The maximum Gasteiger partial charge on any atom is 0.155 e. The first-order valence-electron chi connectivity index (χ1n) is 6.16. The summed E-state index contributed by atoms with van der Waals surface area (Å²) in [5.74, 6) is 0. The number of carbonyl (C=O) groups excluding carboxylic acids is 1. The summed E-state index contributed by atoms with van der Waals surface area (Å²) >= 11 is 3.49. The van der Waals surface area contributed by atoms with E-state index in [0.29, 0.717) is 5.56 Å². The van der Waals surface area contributed by atoms with Crippen molar-refractivity contribution in [3.05, 3.63) is 40.0 Å². The van der Waals surface area contributed by atoms with E-state index in [1.165, 1.54) is 0 Å². The highest BCUT2D eigenvalue weighted by molar-refractivity contribution is 9.10. The van der Waals surface area contributed by atoms with Gasteiger partial charge < -0.3 is 0 Å². The third-order valence-electron chi connectivity index (χ3n) is 3.02. The number of hydrogen-bond acceptors (Lipinski definition) is 2. The first-order chi connectivity index (χ1) is 8.86. The van der Waals surface area contributed by atoms with Crippen LogP contribution in [0.5, 0.6) is 0 Å². The lowest BCUT2D eigenvalue weighted by atomic mass is 10.0. The van der Waals surface area contributed by atoms with Crippen LogP contribution in [0.3, 0.4) is 0 Å². The van der Waals surface area contributed by atoms with Gasteiger partial charge in [0.1, 0.15) is 10.3 Å². The van der Waals surface area contributed by atoms with Gasteiger partial charge in [-0.1, -0.05) is 24.3 Å². The van der Waals surface area contributed by atoms with Gasteiger partial charge in [0.15, 0.2) is 6.29 Å². The molecule has 0 saturated carbocycles. The summed E-state index contributed by atoms with van der Waals surface area (Å²) in [4.78, 5) is 11.4. The van der Waals surface area contributed by atoms with Gasteiger partial charge in [-0.2, -0.15) is 5.10 Å². The molecule has 0 N–H and O–H groups in total. The molecule has 2 rings (SSSR count). The molecule has 0 unspecified atom stereocenters. The molecule has 0 spiro atoms. The molecule has 19 heavy (non-hydrogen) atoms. The molecule has 0 saturated heterocycles. The van der Waals surface area contributed by atoms with E-state index in [9.17, 15) is 4.79 Å². The Morgan fingerprint density at radius 3 is 2.42 bits per heavy atom. The monoisotopic (exact) mass is 320 g/mol. The van der Waals surface area contributed by atoms with E-state index in [0.717, 1.165) is 27.7 Å². The Balaban J connectivity index is 2.72. The van der Waals surface area contributed by atoms with Crippen molar-refractivity contribution in [2.24, 2.45) is 0 Å². The molecule has 0 aliphatic heterocycles. The van der Waals surface area contributed by atoms with E-state index in [4.69, 9.17) is 0 Å². The lowest BCUT2D eigenvalue weighted by molar-refractivity contribution is 0.112. The molecule has 1 aromatic heterocycles. The zero-order valence-corrected chi connectivity index (χ0v) is 13.2. The molecule has 0 atom stereocenters. The van der Waals surface area contributed by atoms with Gasteiger partial charge in [-0.25, -0.2) is 0 Å². The standard InChI is InChI=1S/C15H17BrN2O/c1-10-7-5-6-8-11(10)13-12(9-19)14(16)18(17-13)15(2,3)4/h5-9H,1-4H3. The Hall–Kier alpha value is -1.42. The SMILES string of the molecule is Cc1ccccc1-c1nn(C(C)(C)C)c(Br)c1C=O. The van der Waals surface area contributed by atoms with Crippen LogP contribution in [-0.4, -0.2) is 16.1 Å². The van der Waals surface area contributed by atoms with Gasteiger partial charge in [0.25, 0.3) is 0 Å². The van der Waals surface area contributed by atoms with Gasteiger partial charge >= 0.3 is 0 Å². The molecule has 3 nitrogen and oxygen atoms in total. The van der Waals surface area contributed by atoms with E-state index >= 15 is 0 Å². The summed E-state index contributed by atoms with van der Waals surface area (Å²) in [6, 6.07) is 7.95. The minimum absolute atomic E-state index is 0.183. The van der Waals surface area contributed by atoms with Crippen molar-refractivity contribution >= 4 is 22.2 Å². The fraction of sp³-hybridized carbons (Fsp3) is 0.333. The Morgan fingerprint density at radius 2 is 1.89 bits per heavy atom. The Kier molecular flexibility index (Phi) is 3.63. The van der Waals surface area contributed by atoms with E-state index in [-0.39, 0.29) is 5.54 Å². The van der Waals surface area contributed by atoms with Gasteiger partial charge in [0.2, 0.25) is 0 Å². The minimum Gasteiger partial charge on any atom is -0.298 e. The van der Waals surface area contributed by atoms with E-state index in [1.807, 2.05) is 35.9 Å². The van der Waals surface area contributed by atoms with Crippen LogP contribution in [0.2, 0.25) is 0 Å². The topological polar surface area (TPSA) is 34.9 Å². The lowest BCUT2D eigenvalue weighted by Gasteiger charge is -2.20. The quantitative estimate of drug-likeness (QED) is 0.778. The average Bonchev–Trinajstić information content (AvgIpc) is 2.66. The fourth-order valence-electron chi connectivity index (χ4n) is 2.00. The molecule has 1 aromatic carbocycles. The predicted octanol–water partition coefficient (Wildman–Crippen LogP) is 4.19. The summed E-state index contributed by atoms with van der Waals surface area (Å²) in [7, 11) is 0. The van der Waals surface area contributed by atoms with Crippen molar-refractivity contribution < 1.29 is 4.79 Å². The summed E-state index contributed by atoms with van der Waals surface area (Å²) in [6.45, 7) is 8.19. The minimum atomic E-state index is -0.183. The Labute approximate surface area is 121 Å². The second-order valence-corrected chi connectivity index (χ2v) is 6.32. The smallest absolute Gasteiger partial charge is 0.155 e. The van der Waals surface area contributed by atoms with Gasteiger partial charge in [0, 0.05) is 5.56 Å². The number of aryl methyl sites for hydroxylation is 1. The number of aromatic nitrogens is 2. The van der Waals surface area contributed by atoms with Gasteiger partial charge in [-0.3, -0.25) is 9.48 Å². The zero-order chi connectivity index (χ0) is 14.2. The summed E-state index contributed by atoms with van der Waals surface area (Å²) in [5.41, 5.74) is 3.25. The van der Waals surface area contributed by atoms with Crippen LogP contribution in [0, 0.1) is 6.92 Å². The summed E-state index contributed by atoms with van der Waals surface area (Å²) in [5, 5.41) is 4.62. The highest BCUT2D eigenvalue weighted by Gasteiger charge is 2.24. The van der Waals surface area contributed by atoms with Crippen LogP contribution in [0.1, 0.15) is 36.7 Å². The number of nitrogens with zero attached hydrogens (tertiary/aromatic N) is 2. The van der Waals surface area contributed by atoms with Crippen LogP contribution in [0.15, 0.2) is 28.9 Å². The molecule has 0 aliphatic carbocycles. The van der Waals surface area contributed by atoms with E-state index in [2.05, 4.69) is 41.8 Å². The average molecular weight is 321 g/mol. The molecule has 0 fully saturated rings. The zero-order valence-electron chi connectivity index (χ0n) is 11.6. The molecule has 4 heteroatoms. The molecular weight excluding hydrogens is 304 g/mol. The van der Waals surface area contributed by atoms with E-state index in [1.54, 1.807) is 0 Å². The number of carbonyl (C=O) groups is 1. The van der Waals surface area contributed by atoms with Gasteiger partial charge in [0.05, 0.1) is 11.1 Å². The third kappa shape index (κ3) is 2.50. The maximum atomic E-state index is 11.4. The molecule has 100 valence electrons. The van der Waals surface area contributed by atoms with Crippen LogP contribution >= 0.6 is 15.9 Å². The Morgan fingerprint density at radius 1 is 1.26 bits per heavy atom. The van der Waals surface area contributed by atoms with E-state index < -0.39 is 0 Å². The summed E-state index contributed by atoms with van der Waals surface area (Å²) in [6.07, 6.45) is 0.862. The third-order valence-corrected chi connectivity index (χ3v) is 3.78. The van der Waals surface area contributed by atoms with Crippen molar-refractivity contribution in [2.45, 2.75) is 33.2 Å². The van der Waals surface area contributed by atoms with Crippen molar-refractivity contribution in [2.75, 3.05) is 0 Å². The van der Waals surface area contributed by atoms with Crippen LogP contribution in [0.4, 0.5) is 0 Å². The van der Waals surface area contributed by atoms with Gasteiger partial charge in [-0.15, -0.1) is 0 Å². The highest BCUT2D eigenvalue weighted by atomic mass is 79.9. The largest absolute Gasteiger partial charge is 0.298 e. The number of benzene rings is 1. The molecule has 1 heterocycles. The number of halogens is 1. The Bertz CT molecular complexity index is 624. The molecule has 0 radical (unpaired) electrons. The second-order valence-electron chi connectivity index (χ2n) is 5.57. The fourth-order valence-corrected chi connectivity index (χ4v) is 2.89. The molecular formula is C15H17BrN2O. The van der Waals surface area contributed by atoms with Crippen LogP contribution < -0.4 is 0 Å². The lowest BCUT2D eigenvalue weighted by Crippen LogP contribution is -2.23. The number of hydrogen-bond donors (Lipinski definition) is 0. The highest BCUT2D eigenvalue weighted by Crippen LogP contribution is 2.32. The van der Waals surface area contributed by atoms with Crippen molar-refractivity contribution in [3.63, 3.8) is 0 Å². The number of aldehydes is 1. The first-order valence-corrected chi connectivity index (χ1v) is 6.95. The second kappa shape index (κ2) is 4.93. The first kappa shape index (κ1) is 14.0. The molecule has 0 bridgehead atoms. The van der Waals surface area contributed by atoms with Gasteiger partial charge in [-0.05, 0) is 49.2 Å². The predicted molar refractivity (Wildman–Crippen MR) is 80.5 cm³/mol.